The Kier molecular flexibility index (Phi) is 5.01. The van der Waals surface area contributed by atoms with Gasteiger partial charge in [0, 0.05) is 12.6 Å². The molecule has 6 nitrogen and oxygen atoms in total. The molecule has 6 heteroatoms. The summed E-state index contributed by atoms with van der Waals surface area (Å²) >= 11 is 0. The van der Waals surface area contributed by atoms with Crippen LogP contribution in [-0.2, 0) is 4.79 Å². The standard InChI is InChI=1S/C13H23N3O3/c17-12(18)11-3-1-2-9(11)8-15-13(19)16-10-4-6-14-7-5-10/h9-11,14H,1-8H2,(H,17,18)(H2,15,16,19). The Morgan fingerprint density at radius 2 is 1.89 bits per heavy atom. The number of piperidine rings is 1. The molecule has 0 aromatic rings. The van der Waals surface area contributed by atoms with E-state index in [1.54, 1.807) is 0 Å². The van der Waals surface area contributed by atoms with Gasteiger partial charge in [-0.3, -0.25) is 4.79 Å². The van der Waals surface area contributed by atoms with Crippen LogP contribution in [0.15, 0.2) is 0 Å². The highest BCUT2D eigenvalue weighted by Crippen LogP contribution is 2.31. The minimum absolute atomic E-state index is 0.0799. The van der Waals surface area contributed by atoms with Crippen molar-refractivity contribution in [3.8, 4) is 0 Å². The molecular formula is C13H23N3O3. The summed E-state index contributed by atoms with van der Waals surface area (Å²) < 4.78 is 0. The number of aliphatic carboxylic acids is 1. The van der Waals surface area contributed by atoms with E-state index in [2.05, 4.69) is 16.0 Å². The molecular weight excluding hydrogens is 246 g/mol. The lowest BCUT2D eigenvalue weighted by Crippen LogP contribution is -2.48. The smallest absolute Gasteiger partial charge is 0.315 e. The molecule has 2 atom stereocenters. The van der Waals surface area contributed by atoms with Crippen LogP contribution >= 0.6 is 0 Å². The summed E-state index contributed by atoms with van der Waals surface area (Å²) in [6.07, 6.45) is 4.48. The van der Waals surface area contributed by atoms with Gasteiger partial charge in [-0.1, -0.05) is 6.42 Å². The highest BCUT2D eigenvalue weighted by Gasteiger charge is 2.32. The normalized spacial score (nSPS) is 28.0. The van der Waals surface area contributed by atoms with Crippen LogP contribution in [0.4, 0.5) is 4.79 Å². The molecule has 2 rings (SSSR count). The third-order valence-corrected chi connectivity index (χ3v) is 4.18. The molecule has 1 aliphatic heterocycles. The van der Waals surface area contributed by atoms with Crippen molar-refractivity contribution in [2.45, 2.75) is 38.1 Å². The first kappa shape index (κ1) is 14.1. The van der Waals surface area contributed by atoms with E-state index in [4.69, 9.17) is 5.11 Å². The van der Waals surface area contributed by atoms with Gasteiger partial charge in [-0.2, -0.15) is 0 Å². The predicted octanol–water partition coefficient (Wildman–Crippen LogP) is 0.539. The van der Waals surface area contributed by atoms with Crippen LogP contribution in [0.1, 0.15) is 32.1 Å². The van der Waals surface area contributed by atoms with Crippen LogP contribution in [-0.4, -0.2) is 42.8 Å². The van der Waals surface area contributed by atoms with E-state index in [1.807, 2.05) is 0 Å². The molecule has 108 valence electrons. The lowest BCUT2D eigenvalue weighted by molar-refractivity contribution is -0.142. The van der Waals surface area contributed by atoms with Gasteiger partial charge < -0.3 is 21.1 Å². The summed E-state index contributed by atoms with van der Waals surface area (Å²) in [5.74, 6) is -0.946. The molecule has 19 heavy (non-hydrogen) atoms. The molecule has 1 saturated heterocycles. The highest BCUT2D eigenvalue weighted by atomic mass is 16.4. The van der Waals surface area contributed by atoms with Crippen molar-refractivity contribution in [1.82, 2.24) is 16.0 Å². The van der Waals surface area contributed by atoms with Gasteiger partial charge >= 0.3 is 12.0 Å². The number of carbonyl (C=O) groups excluding carboxylic acids is 1. The van der Waals surface area contributed by atoms with Crippen molar-refractivity contribution in [2.75, 3.05) is 19.6 Å². The first-order valence-corrected chi connectivity index (χ1v) is 7.14. The third kappa shape index (κ3) is 4.09. The van der Waals surface area contributed by atoms with Gasteiger partial charge in [0.2, 0.25) is 0 Å². The lowest BCUT2D eigenvalue weighted by atomic mass is 9.96. The minimum atomic E-state index is -0.733. The van der Waals surface area contributed by atoms with Crippen LogP contribution in [0.3, 0.4) is 0 Å². The zero-order valence-corrected chi connectivity index (χ0v) is 11.2. The molecule has 0 aromatic heterocycles. The summed E-state index contributed by atoms with van der Waals surface area (Å²) in [6, 6.07) is 0.0723. The molecule has 0 bridgehead atoms. The van der Waals surface area contributed by atoms with Crippen LogP contribution in [0, 0.1) is 11.8 Å². The van der Waals surface area contributed by atoms with Gasteiger partial charge in [0.25, 0.3) is 0 Å². The maximum atomic E-state index is 11.8. The quantitative estimate of drug-likeness (QED) is 0.599. The van der Waals surface area contributed by atoms with Crippen molar-refractivity contribution >= 4 is 12.0 Å². The number of amides is 2. The Morgan fingerprint density at radius 3 is 2.58 bits per heavy atom. The largest absolute Gasteiger partial charge is 0.481 e. The molecule has 1 heterocycles. The second kappa shape index (κ2) is 6.75. The first-order valence-electron chi connectivity index (χ1n) is 7.14. The molecule has 1 saturated carbocycles. The van der Waals surface area contributed by atoms with Gasteiger partial charge in [0.15, 0.2) is 0 Å². The number of hydrogen-bond acceptors (Lipinski definition) is 3. The fourth-order valence-corrected chi connectivity index (χ4v) is 3.03. The van der Waals surface area contributed by atoms with E-state index < -0.39 is 5.97 Å². The first-order chi connectivity index (χ1) is 9.16. The summed E-state index contributed by atoms with van der Waals surface area (Å²) in [6.45, 7) is 2.34. The predicted molar refractivity (Wildman–Crippen MR) is 70.9 cm³/mol. The summed E-state index contributed by atoms with van der Waals surface area (Å²) in [5.41, 5.74) is 0. The molecule has 2 unspecified atom stereocenters. The second-order valence-electron chi connectivity index (χ2n) is 5.51. The van der Waals surface area contributed by atoms with E-state index in [9.17, 15) is 9.59 Å². The van der Waals surface area contributed by atoms with E-state index >= 15 is 0 Å². The summed E-state index contributed by atoms with van der Waals surface area (Å²) in [7, 11) is 0. The van der Waals surface area contributed by atoms with Crippen LogP contribution < -0.4 is 16.0 Å². The molecule has 2 fully saturated rings. The number of nitrogens with one attached hydrogen (secondary N) is 3. The fourth-order valence-electron chi connectivity index (χ4n) is 3.03. The topological polar surface area (TPSA) is 90.5 Å². The Labute approximate surface area is 113 Å². The molecule has 2 amide bonds. The van der Waals surface area contributed by atoms with Crippen molar-refractivity contribution in [3.63, 3.8) is 0 Å². The number of urea groups is 1. The Balaban J connectivity index is 1.69. The zero-order valence-electron chi connectivity index (χ0n) is 11.2. The molecule has 0 spiro atoms. The lowest BCUT2D eigenvalue weighted by Gasteiger charge is -2.24. The van der Waals surface area contributed by atoms with Crippen LogP contribution in [0.5, 0.6) is 0 Å². The molecule has 0 radical (unpaired) electrons. The van der Waals surface area contributed by atoms with Crippen molar-refractivity contribution < 1.29 is 14.7 Å². The SMILES string of the molecule is O=C(NCC1CCCC1C(=O)O)NC1CCNCC1. The third-order valence-electron chi connectivity index (χ3n) is 4.18. The minimum Gasteiger partial charge on any atom is -0.481 e. The highest BCUT2D eigenvalue weighted by molar-refractivity contribution is 5.74. The van der Waals surface area contributed by atoms with E-state index in [0.717, 1.165) is 45.2 Å². The van der Waals surface area contributed by atoms with E-state index in [0.29, 0.717) is 6.54 Å². The Hall–Kier alpha value is -1.30. The van der Waals surface area contributed by atoms with Gasteiger partial charge in [-0.15, -0.1) is 0 Å². The van der Waals surface area contributed by atoms with Crippen molar-refractivity contribution in [1.29, 1.82) is 0 Å². The van der Waals surface area contributed by atoms with Gasteiger partial charge in [-0.25, -0.2) is 4.79 Å². The number of hydrogen-bond donors (Lipinski definition) is 4. The van der Waals surface area contributed by atoms with E-state index in [1.165, 1.54) is 0 Å². The van der Waals surface area contributed by atoms with Crippen LogP contribution in [0.2, 0.25) is 0 Å². The number of carboxylic acid groups (broad SMARTS) is 1. The van der Waals surface area contributed by atoms with Crippen molar-refractivity contribution in [3.05, 3.63) is 0 Å². The maximum absolute atomic E-state index is 11.8. The molecule has 4 N–H and O–H groups in total. The fraction of sp³-hybridized carbons (Fsp3) is 0.846. The van der Waals surface area contributed by atoms with Gasteiger partial charge in [-0.05, 0) is 44.7 Å². The Morgan fingerprint density at radius 1 is 1.16 bits per heavy atom. The molecule has 0 aromatic carbocycles. The van der Waals surface area contributed by atoms with Gasteiger partial charge in [0.05, 0.1) is 5.92 Å². The summed E-state index contributed by atoms with van der Waals surface area (Å²) in [5, 5.41) is 18.1. The van der Waals surface area contributed by atoms with Crippen molar-refractivity contribution in [2.24, 2.45) is 11.8 Å². The number of rotatable bonds is 4. The Bertz CT molecular complexity index is 329. The zero-order chi connectivity index (χ0) is 13.7. The summed E-state index contributed by atoms with van der Waals surface area (Å²) in [4.78, 5) is 22.8. The molecule has 1 aliphatic carbocycles. The van der Waals surface area contributed by atoms with Crippen LogP contribution in [0.25, 0.3) is 0 Å². The average molecular weight is 269 g/mol. The van der Waals surface area contributed by atoms with Gasteiger partial charge in [0.1, 0.15) is 0 Å². The van der Waals surface area contributed by atoms with E-state index in [-0.39, 0.29) is 23.9 Å². The number of carbonyl (C=O) groups is 2. The number of carboxylic acids is 1. The molecule has 2 aliphatic rings. The monoisotopic (exact) mass is 269 g/mol. The maximum Gasteiger partial charge on any atom is 0.315 e. The second-order valence-corrected chi connectivity index (χ2v) is 5.51. The average Bonchev–Trinajstić information content (AvgIpc) is 2.86.